The molecule has 1 aliphatic heterocycles. The van der Waals surface area contributed by atoms with Gasteiger partial charge in [0.15, 0.2) is 0 Å². The van der Waals surface area contributed by atoms with E-state index in [9.17, 15) is 9.59 Å². The number of carbonyl (C=O) groups excluding carboxylic acids is 2. The molecule has 1 saturated heterocycles. The Morgan fingerprint density at radius 1 is 1.33 bits per heavy atom. The van der Waals surface area contributed by atoms with Crippen molar-refractivity contribution < 1.29 is 14.3 Å². The number of nitrogens with zero attached hydrogens (tertiary/aromatic N) is 1. The first-order valence-corrected chi connectivity index (χ1v) is 6.02. The second-order valence-corrected chi connectivity index (χ2v) is 4.11. The number of para-hydroxylation sites is 1. The van der Waals surface area contributed by atoms with Crippen molar-refractivity contribution in [2.24, 2.45) is 0 Å². The van der Waals surface area contributed by atoms with Crippen LogP contribution in [-0.2, 0) is 9.53 Å². The highest BCUT2D eigenvalue weighted by molar-refractivity contribution is 5.84. The number of carbonyl (C=O) groups is 2. The minimum Gasteiger partial charge on any atom is -0.447 e. The quantitative estimate of drug-likeness (QED) is 0.884. The number of hydrogen-bond donors (Lipinski definition) is 1. The summed E-state index contributed by atoms with van der Waals surface area (Å²) in [4.78, 5) is 24.5. The molecule has 1 heterocycles. The fourth-order valence-corrected chi connectivity index (χ4v) is 1.86. The molecule has 96 valence electrons. The monoisotopic (exact) mass is 248 g/mol. The van der Waals surface area contributed by atoms with Crippen molar-refractivity contribution in [3.63, 3.8) is 0 Å². The van der Waals surface area contributed by atoms with Crippen LogP contribution in [0.4, 0.5) is 10.5 Å². The van der Waals surface area contributed by atoms with E-state index in [1.54, 1.807) is 17.0 Å². The fourth-order valence-electron chi connectivity index (χ4n) is 1.86. The molecule has 1 N–H and O–H groups in total. The van der Waals surface area contributed by atoms with E-state index in [0.29, 0.717) is 18.7 Å². The second-order valence-electron chi connectivity index (χ2n) is 4.11. The van der Waals surface area contributed by atoms with Crippen molar-refractivity contribution in [1.29, 1.82) is 0 Å². The Balaban J connectivity index is 1.67. The molecule has 2 rings (SSSR count). The molecule has 1 aromatic rings. The third-order valence-corrected chi connectivity index (χ3v) is 2.79. The van der Waals surface area contributed by atoms with E-state index in [4.69, 9.17) is 4.74 Å². The summed E-state index contributed by atoms with van der Waals surface area (Å²) >= 11 is 0. The minimum absolute atomic E-state index is 0.141. The number of rotatable bonds is 4. The zero-order valence-corrected chi connectivity index (χ0v) is 10.1. The average Bonchev–Trinajstić information content (AvgIpc) is 2.76. The molecule has 5 heteroatoms. The number of amides is 2. The fraction of sp³-hybridized carbons (Fsp3) is 0.385. The standard InChI is InChI=1S/C13H16N2O3/c16-12-7-4-8-15(12)9-10-18-13(17)14-11-5-2-1-3-6-11/h1-3,5-6H,4,7-10H2,(H,14,17). The Morgan fingerprint density at radius 2 is 2.11 bits per heavy atom. The lowest BCUT2D eigenvalue weighted by atomic mass is 10.3. The van der Waals surface area contributed by atoms with Gasteiger partial charge in [-0.15, -0.1) is 0 Å². The maximum Gasteiger partial charge on any atom is 0.411 e. The molecule has 0 unspecified atom stereocenters. The van der Waals surface area contributed by atoms with Gasteiger partial charge < -0.3 is 9.64 Å². The van der Waals surface area contributed by atoms with Gasteiger partial charge in [0.05, 0.1) is 6.54 Å². The Bertz CT molecular complexity index is 420. The van der Waals surface area contributed by atoms with Crippen LogP contribution in [0.3, 0.4) is 0 Å². The largest absolute Gasteiger partial charge is 0.447 e. The normalized spacial score (nSPS) is 14.7. The summed E-state index contributed by atoms with van der Waals surface area (Å²) in [6, 6.07) is 9.10. The highest BCUT2D eigenvalue weighted by atomic mass is 16.5. The molecule has 1 aromatic carbocycles. The highest BCUT2D eigenvalue weighted by Crippen LogP contribution is 2.09. The zero-order chi connectivity index (χ0) is 12.8. The lowest BCUT2D eigenvalue weighted by Crippen LogP contribution is -2.29. The number of nitrogens with one attached hydrogen (secondary N) is 1. The smallest absolute Gasteiger partial charge is 0.411 e. The molecule has 0 saturated carbocycles. The first-order chi connectivity index (χ1) is 8.75. The van der Waals surface area contributed by atoms with Gasteiger partial charge in [0.2, 0.25) is 5.91 Å². The van der Waals surface area contributed by atoms with Crippen LogP contribution in [0, 0.1) is 0 Å². The van der Waals surface area contributed by atoms with Gasteiger partial charge in [-0.3, -0.25) is 10.1 Å². The number of likely N-dealkylation sites (tertiary alicyclic amines) is 1. The van der Waals surface area contributed by atoms with E-state index in [1.165, 1.54) is 0 Å². The first kappa shape index (κ1) is 12.4. The number of ether oxygens (including phenoxy) is 1. The van der Waals surface area contributed by atoms with Crippen LogP contribution < -0.4 is 5.32 Å². The van der Waals surface area contributed by atoms with E-state index in [1.807, 2.05) is 18.2 Å². The minimum atomic E-state index is -0.493. The Kier molecular flexibility index (Phi) is 4.17. The molecule has 0 spiro atoms. The molecule has 0 aromatic heterocycles. The lowest BCUT2D eigenvalue weighted by molar-refractivity contribution is -0.128. The first-order valence-electron chi connectivity index (χ1n) is 6.02. The predicted octanol–water partition coefficient (Wildman–Crippen LogP) is 1.86. The maximum absolute atomic E-state index is 11.4. The summed E-state index contributed by atoms with van der Waals surface area (Å²) in [5.74, 6) is 0.141. The van der Waals surface area contributed by atoms with Gasteiger partial charge in [-0.1, -0.05) is 18.2 Å². The van der Waals surface area contributed by atoms with Gasteiger partial charge in [-0.05, 0) is 18.6 Å². The summed E-state index contributed by atoms with van der Waals surface area (Å²) in [7, 11) is 0. The van der Waals surface area contributed by atoms with Crippen LogP contribution >= 0.6 is 0 Å². The van der Waals surface area contributed by atoms with Crippen molar-refractivity contribution in [2.75, 3.05) is 25.0 Å². The van der Waals surface area contributed by atoms with E-state index in [2.05, 4.69) is 5.32 Å². The van der Waals surface area contributed by atoms with Crippen LogP contribution in [0.15, 0.2) is 30.3 Å². The van der Waals surface area contributed by atoms with Crippen LogP contribution in [0.5, 0.6) is 0 Å². The lowest BCUT2D eigenvalue weighted by Gasteiger charge is -2.15. The van der Waals surface area contributed by atoms with E-state index >= 15 is 0 Å². The Morgan fingerprint density at radius 3 is 2.78 bits per heavy atom. The molecule has 1 fully saturated rings. The van der Waals surface area contributed by atoms with E-state index in [-0.39, 0.29) is 12.5 Å². The van der Waals surface area contributed by atoms with E-state index < -0.39 is 6.09 Å². The molecule has 2 amide bonds. The van der Waals surface area contributed by atoms with Gasteiger partial charge in [0.25, 0.3) is 0 Å². The van der Waals surface area contributed by atoms with Crippen LogP contribution in [-0.4, -0.2) is 36.6 Å². The molecule has 0 aliphatic carbocycles. The van der Waals surface area contributed by atoms with Crippen molar-refractivity contribution in [2.45, 2.75) is 12.8 Å². The molecule has 0 atom stereocenters. The highest BCUT2D eigenvalue weighted by Gasteiger charge is 2.19. The molecule has 0 bridgehead atoms. The molecule has 1 aliphatic rings. The van der Waals surface area contributed by atoms with Gasteiger partial charge in [-0.2, -0.15) is 0 Å². The number of anilines is 1. The van der Waals surface area contributed by atoms with E-state index in [0.717, 1.165) is 13.0 Å². The summed E-state index contributed by atoms with van der Waals surface area (Å²) in [5.41, 5.74) is 0.694. The summed E-state index contributed by atoms with van der Waals surface area (Å²) in [5, 5.41) is 2.61. The second kappa shape index (κ2) is 6.05. The Hall–Kier alpha value is -2.04. The third-order valence-electron chi connectivity index (χ3n) is 2.79. The van der Waals surface area contributed by atoms with Crippen LogP contribution in [0.25, 0.3) is 0 Å². The molecular weight excluding hydrogens is 232 g/mol. The Labute approximate surface area is 106 Å². The van der Waals surface area contributed by atoms with Crippen LogP contribution in [0.1, 0.15) is 12.8 Å². The maximum atomic E-state index is 11.4. The number of benzene rings is 1. The predicted molar refractivity (Wildman–Crippen MR) is 67.2 cm³/mol. The molecule has 18 heavy (non-hydrogen) atoms. The average molecular weight is 248 g/mol. The molecule has 5 nitrogen and oxygen atoms in total. The van der Waals surface area contributed by atoms with Gasteiger partial charge in [0.1, 0.15) is 6.61 Å². The number of hydrogen-bond acceptors (Lipinski definition) is 3. The van der Waals surface area contributed by atoms with Crippen LogP contribution in [0.2, 0.25) is 0 Å². The van der Waals surface area contributed by atoms with Crippen molar-refractivity contribution in [3.05, 3.63) is 30.3 Å². The SMILES string of the molecule is O=C(Nc1ccccc1)OCCN1CCCC1=O. The summed E-state index contributed by atoms with van der Waals surface area (Å²) in [6.07, 6.45) is 1.01. The molecule has 0 radical (unpaired) electrons. The van der Waals surface area contributed by atoms with Crippen molar-refractivity contribution >= 4 is 17.7 Å². The van der Waals surface area contributed by atoms with Gasteiger partial charge in [-0.25, -0.2) is 4.79 Å². The zero-order valence-electron chi connectivity index (χ0n) is 10.1. The third kappa shape index (κ3) is 3.48. The topological polar surface area (TPSA) is 58.6 Å². The molecular formula is C13H16N2O3. The summed E-state index contributed by atoms with van der Waals surface area (Å²) < 4.78 is 5.01. The van der Waals surface area contributed by atoms with Crippen molar-refractivity contribution in [1.82, 2.24) is 4.90 Å². The van der Waals surface area contributed by atoms with Gasteiger partial charge in [0, 0.05) is 18.7 Å². The summed E-state index contributed by atoms with van der Waals surface area (Å²) in [6.45, 7) is 1.47. The van der Waals surface area contributed by atoms with Gasteiger partial charge >= 0.3 is 6.09 Å². The van der Waals surface area contributed by atoms with Crippen molar-refractivity contribution in [3.8, 4) is 0 Å².